The number of ether oxygens (including phenoxy) is 1. The fourth-order valence-corrected chi connectivity index (χ4v) is 3.86. The van der Waals surface area contributed by atoms with Gasteiger partial charge in [0.05, 0.1) is 24.3 Å². The Hall–Kier alpha value is -1.29. The molecule has 0 aliphatic carbocycles. The van der Waals surface area contributed by atoms with Gasteiger partial charge in [-0.2, -0.15) is 5.10 Å². The van der Waals surface area contributed by atoms with Crippen molar-refractivity contribution in [1.82, 2.24) is 20.0 Å². The SMILES string of the molecule is CCNC(=NCc1ccc(OC)c(Br)c1)N1CCC(c2cnn(C)c2)C1.I. The molecule has 1 saturated heterocycles. The second kappa shape index (κ2) is 10.3. The van der Waals surface area contributed by atoms with E-state index in [-0.39, 0.29) is 24.0 Å². The summed E-state index contributed by atoms with van der Waals surface area (Å²) in [6, 6.07) is 6.09. The molecule has 2 heterocycles. The van der Waals surface area contributed by atoms with Crippen molar-refractivity contribution in [1.29, 1.82) is 0 Å². The van der Waals surface area contributed by atoms with Gasteiger partial charge in [-0.25, -0.2) is 4.99 Å². The van der Waals surface area contributed by atoms with Crippen LogP contribution in [0.5, 0.6) is 5.75 Å². The van der Waals surface area contributed by atoms with Crippen molar-refractivity contribution in [3.63, 3.8) is 0 Å². The van der Waals surface area contributed by atoms with Crippen LogP contribution >= 0.6 is 39.9 Å². The molecule has 1 unspecified atom stereocenters. The highest BCUT2D eigenvalue weighted by atomic mass is 127. The summed E-state index contributed by atoms with van der Waals surface area (Å²) in [4.78, 5) is 7.19. The van der Waals surface area contributed by atoms with Crippen LogP contribution in [0, 0.1) is 0 Å². The number of halogens is 2. The van der Waals surface area contributed by atoms with E-state index in [1.165, 1.54) is 5.56 Å². The van der Waals surface area contributed by atoms with Crippen molar-refractivity contribution in [2.24, 2.45) is 12.0 Å². The molecule has 6 nitrogen and oxygen atoms in total. The van der Waals surface area contributed by atoms with Crippen LogP contribution in [-0.4, -0.2) is 47.4 Å². The van der Waals surface area contributed by atoms with Crippen LogP contribution in [0.25, 0.3) is 0 Å². The lowest BCUT2D eigenvalue weighted by Gasteiger charge is -2.21. The highest BCUT2D eigenvalue weighted by molar-refractivity contribution is 14.0. The molecule has 1 fully saturated rings. The highest BCUT2D eigenvalue weighted by Crippen LogP contribution is 2.27. The van der Waals surface area contributed by atoms with E-state index >= 15 is 0 Å². The molecule has 0 spiro atoms. The van der Waals surface area contributed by atoms with Crippen LogP contribution < -0.4 is 10.1 Å². The fraction of sp³-hybridized carbons (Fsp3) is 0.474. The van der Waals surface area contributed by atoms with Gasteiger partial charge in [0, 0.05) is 38.8 Å². The quantitative estimate of drug-likeness (QED) is 0.352. The number of hydrogen-bond donors (Lipinski definition) is 1. The van der Waals surface area contributed by atoms with Crippen LogP contribution in [-0.2, 0) is 13.6 Å². The molecular formula is C19H27BrIN5O. The number of aryl methyl sites for hydroxylation is 1. The number of aliphatic imine (C=N–C) groups is 1. The maximum absolute atomic E-state index is 5.29. The fourth-order valence-electron chi connectivity index (χ4n) is 3.28. The number of aromatic nitrogens is 2. The van der Waals surface area contributed by atoms with Crippen molar-refractivity contribution in [3.05, 3.63) is 46.2 Å². The first-order valence-corrected chi connectivity index (χ1v) is 9.74. The van der Waals surface area contributed by atoms with Gasteiger partial charge in [0.1, 0.15) is 5.75 Å². The minimum absolute atomic E-state index is 0. The van der Waals surface area contributed by atoms with Gasteiger partial charge < -0.3 is 15.0 Å². The molecule has 8 heteroatoms. The molecule has 1 aliphatic heterocycles. The molecule has 0 saturated carbocycles. The van der Waals surface area contributed by atoms with Gasteiger partial charge in [-0.3, -0.25) is 4.68 Å². The lowest BCUT2D eigenvalue weighted by atomic mass is 10.0. The van der Waals surface area contributed by atoms with E-state index in [0.717, 1.165) is 47.8 Å². The summed E-state index contributed by atoms with van der Waals surface area (Å²) in [5.74, 6) is 2.33. The summed E-state index contributed by atoms with van der Waals surface area (Å²) in [6.07, 6.45) is 5.23. The number of rotatable bonds is 5. The summed E-state index contributed by atoms with van der Waals surface area (Å²) in [6.45, 7) is 5.59. The van der Waals surface area contributed by atoms with Crippen molar-refractivity contribution in [2.75, 3.05) is 26.7 Å². The van der Waals surface area contributed by atoms with E-state index in [4.69, 9.17) is 9.73 Å². The lowest BCUT2D eigenvalue weighted by Crippen LogP contribution is -2.40. The Bertz CT molecular complexity index is 779. The number of benzene rings is 1. The second-order valence-corrected chi connectivity index (χ2v) is 7.37. The van der Waals surface area contributed by atoms with Gasteiger partial charge in [-0.15, -0.1) is 24.0 Å². The number of hydrogen-bond acceptors (Lipinski definition) is 3. The van der Waals surface area contributed by atoms with E-state index < -0.39 is 0 Å². The van der Waals surface area contributed by atoms with Gasteiger partial charge in [0.2, 0.25) is 0 Å². The summed E-state index contributed by atoms with van der Waals surface area (Å²) in [5.41, 5.74) is 2.46. The Balaban J connectivity index is 0.00000261. The normalized spacial score (nSPS) is 17.0. The van der Waals surface area contributed by atoms with Crippen LogP contribution in [0.15, 0.2) is 40.1 Å². The average molecular weight is 548 g/mol. The van der Waals surface area contributed by atoms with Gasteiger partial charge in [0.15, 0.2) is 5.96 Å². The molecule has 0 radical (unpaired) electrons. The maximum Gasteiger partial charge on any atom is 0.194 e. The van der Waals surface area contributed by atoms with E-state index in [0.29, 0.717) is 12.5 Å². The number of nitrogens with zero attached hydrogens (tertiary/aromatic N) is 4. The van der Waals surface area contributed by atoms with Crippen molar-refractivity contribution < 1.29 is 4.74 Å². The van der Waals surface area contributed by atoms with Crippen LogP contribution in [0.3, 0.4) is 0 Å². The smallest absolute Gasteiger partial charge is 0.194 e. The highest BCUT2D eigenvalue weighted by Gasteiger charge is 2.26. The van der Waals surface area contributed by atoms with Crippen molar-refractivity contribution in [3.8, 4) is 5.75 Å². The van der Waals surface area contributed by atoms with Gasteiger partial charge in [0.25, 0.3) is 0 Å². The zero-order valence-electron chi connectivity index (χ0n) is 16.0. The van der Waals surface area contributed by atoms with Crippen molar-refractivity contribution in [2.45, 2.75) is 25.8 Å². The zero-order valence-corrected chi connectivity index (χ0v) is 19.9. The molecule has 1 aliphatic rings. The summed E-state index contributed by atoms with van der Waals surface area (Å²) >= 11 is 3.54. The standard InChI is InChI=1S/C19H26BrN5O.HI/c1-4-21-19(22-10-14-5-6-18(26-3)17(20)9-14)25-8-7-15(13-25)16-11-23-24(2)12-16;/h5-6,9,11-12,15H,4,7-8,10,13H2,1-3H3,(H,21,22);1H. The van der Waals surface area contributed by atoms with Gasteiger partial charge in [-0.1, -0.05) is 6.07 Å². The number of nitrogens with one attached hydrogen (secondary N) is 1. The minimum Gasteiger partial charge on any atom is -0.496 e. The minimum atomic E-state index is 0. The van der Waals surface area contributed by atoms with Crippen molar-refractivity contribution >= 4 is 45.9 Å². The predicted octanol–water partition coefficient (Wildman–Crippen LogP) is 3.76. The van der Waals surface area contributed by atoms with E-state index in [9.17, 15) is 0 Å². The Morgan fingerprint density at radius 2 is 2.26 bits per heavy atom. The molecular weight excluding hydrogens is 521 g/mol. The molecule has 1 atom stereocenters. The Morgan fingerprint density at radius 3 is 2.89 bits per heavy atom. The van der Waals surface area contributed by atoms with Crippen LogP contribution in [0.2, 0.25) is 0 Å². The monoisotopic (exact) mass is 547 g/mol. The summed E-state index contributed by atoms with van der Waals surface area (Å²) < 4.78 is 8.12. The Labute approximate surface area is 186 Å². The van der Waals surface area contributed by atoms with Crippen LogP contribution in [0.4, 0.5) is 0 Å². The number of likely N-dealkylation sites (tertiary alicyclic amines) is 1. The van der Waals surface area contributed by atoms with Gasteiger partial charge in [-0.05, 0) is 52.5 Å². The molecule has 1 aromatic heterocycles. The maximum atomic E-state index is 5.29. The first-order valence-electron chi connectivity index (χ1n) is 8.95. The summed E-state index contributed by atoms with van der Waals surface area (Å²) in [7, 11) is 3.64. The summed E-state index contributed by atoms with van der Waals surface area (Å²) in [5, 5.41) is 7.73. The molecule has 0 bridgehead atoms. The van der Waals surface area contributed by atoms with E-state index in [1.54, 1.807) is 7.11 Å². The zero-order chi connectivity index (χ0) is 18.5. The third-order valence-electron chi connectivity index (χ3n) is 4.65. The number of guanidine groups is 1. The van der Waals surface area contributed by atoms with Gasteiger partial charge >= 0.3 is 0 Å². The molecule has 27 heavy (non-hydrogen) atoms. The second-order valence-electron chi connectivity index (χ2n) is 6.52. The Morgan fingerprint density at radius 1 is 1.44 bits per heavy atom. The molecule has 1 N–H and O–H groups in total. The first kappa shape index (κ1) is 22.0. The molecule has 2 aromatic rings. The molecule has 148 valence electrons. The topological polar surface area (TPSA) is 54.7 Å². The first-order chi connectivity index (χ1) is 12.6. The molecule has 3 rings (SSSR count). The third kappa shape index (κ3) is 5.60. The van der Waals surface area contributed by atoms with E-state index in [1.807, 2.05) is 24.0 Å². The Kier molecular flexibility index (Phi) is 8.40. The largest absolute Gasteiger partial charge is 0.496 e. The number of methoxy groups -OCH3 is 1. The average Bonchev–Trinajstić information content (AvgIpc) is 3.27. The predicted molar refractivity (Wildman–Crippen MR) is 123 cm³/mol. The molecule has 0 amide bonds. The van der Waals surface area contributed by atoms with Crippen LogP contribution in [0.1, 0.15) is 30.4 Å². The molecule has 1 aromatic carbocycles. The lowest BCUT2D eigenvalue weighted by molar-refractivity contribution is 0.412. The van der Waals surface area contributed by atoms with E-state index in [2.05, 4.69) is 56.5 Å². The third-order valence-corrected chi connectivity index (χ3v) is 5.27.